The maximum Gasteiger partial charge on any atom is 0.407 e. The van der Waals surface area contributed by atoms with E-state index in [0.29, 0.717) is 32.3 Å². The van der Waals surface area contributed by atoms with Crippen LogP contribution in [0.5, 0.6) is 0 Å². The first-order valence-electron chi connectivity index (χ1n) is 14.1. The van der Waals surface area contributed by atoms with Gasteiger partial charge in [-0.15, -0.1) is 11.6 Å². The maximum atomic E-state index is 12.6. The molecule has 1 aromatic carbocycles. The van der Waals surface area contributed by atoms with Crippen molar-refractivity contribution in [1.82, 2.24) is 5.32 Å². The van der Waals surface area contributed by atoms with E-state index in [9.17, 15) is 19.5 Å². The lowest BCUT2D eigenvalue weighted by Crippen LogP contribution is -2.44. The molecule has 0 fully saturated rings. The van der Waals surface area contributed by atoms with Crippen LogP contribution in [0.2, 0.25) is 0 Å². The molecule has 39 heavy (non-hydrogen) atoms. The molecule has 4 atom stereocenters. The summed E-state index contributed by atoms with van der Waals surface area (Å²) in [7, 11) is 0. The molecule has 222 valence electrons. The van der Waals surface area contributed by atoms with Crippen molar-refractivity contribution in [3.05, 3.63) is 35.9 Å². The van der Waals surface area contributed by atoms with Gasteiger partial charge in [-0.1, -0.05) is 68.9 Å². The number of carbonyl (C=O) groups excluding carboxylic acids is 2. The van der Waals surface area contributed by atoms with Crippen LogP contribution >= 0.6 is 11.6 Å². The van der Waals surface area contributed by atoms with Gasteiger partial charge in [0.15, 0.2) is 5.38 Å². The zero-order chi connectivity index (χ0) is 29.3. The number of nitrogens with one attached hydrogen (secondary N) is 1. The van der Waals surface area contributed by atoms with Gasteiger partial charge >= 0.3 is 12.1 Å². The summed E-state index contributed by atoms with van der Waals surface area (Å²) >= 11 is 5.62. The number of carbonyl (C=O) groups is 3. The number of aliphatic hydroxyl groups excluding tert-OH is 1. The van der Waals surface area contributed by atoms with Crippen LogP contribution in [-0.2, 0) is 25.7 Å². The minimum Gasteiger partial charge on any atom is -0.480 e. The highest BCUT2D eigenvalue weighted by molar-refractivity contribution is 6.30. The first-order valence-corrected chi connectivity index (χ1v) is 14.5. The van der Waals surface area contributed by atoms with E-state index in [1.165, 1.54) is 0 Å². The van der Waals surface area contributed by atoms with Gasteiger partial charge in [0.25, 0.3) is 0 Å². The second-order valence-corrected chi connectivity index (χ2v) is 11.6. The van der Waals surface area contributed by atoms with Gasteiger partial charge in [-0.3, -0.25) is 9.59 Å². The molecule has 0 aromatic heterocycles. The van der Waals surface area contributed by atoms with Gasteiger partial charge in [0.1, 0.15) is 11.4 Å². The molecule has 0 aliphatic carbocycles. The minimum absolute atomic E-state index is 0.191. The highest BCUT2D eigenvalue weighted by Gasteiger charge is 2.24. The molecule has 0 aliphatic rings. The van der Waals surface area contributed by atoms with Crippen molar-refractivity contribution in [2.45, 2.75) is 134 Å². The molecule has 1 aromatic rings. The number of hydrogen-bond acceptors (Lipinski definition) is 6. The van der Waals surface area contributed by atoms with Gasteiger partial charge < -0.3 is 25.0 Å². The third-order valence-corrected chi connectivity index (χ3v) is 6.82. The van der Waals surface area contributed by atoms with E-state index >= 15 is 0 Å². The largest absolute Gasteiger partial charge is 0.480 e. The maximum absolute atomic E-state index is 12.6. The lowest BCUT2D eigenvalue weighted by atomic mass is 10.0. The van der Waals surface area contributed by atoms with E-state index in [2.05, 4.69) is 5.32 Å². The third-order valence-electron chi connectivity index (χ3n) is 6.35. The zero-order valence-electron chi connectivity index (χ0n) is 24.0. The van der Waals surface area contributed by atoms with Crippen LogP contribution in [0.25, 0.3) is 0 Å². The number of carboxylic acid groups (broad SMARTS) is 1. The Balaban J connectivity index is 2.33. The highest BCUT2D eigenvalue weighted by atomic mass is 35.5. The predicted molar refractivity (Wildman–Crippen MR) is 153 cm³/mol. The van der Waals surface area contributed by atoms with Crippen molar-refractivity contribution in [3.63, 3.8) is 0 Å². The summed E-state index contributed by atoms with van der Waals surface area (Å²) in [5.41, 5.74) is 0.427. The summed E-state index contributed by atoms with van der Waals surface area (Å²) in [4.78, 5) is 35.6. The van der Waals surface area contributed by atoms with Crippen LogP contribution in [0.3, 0.4) is 0 Å². The van der Waals surface area contributed by atoms with E-state index in [0.717, 1.165) is 50.5 Å². The molecule has 3 N–H and O–H groups in total. The number of aliphatic hydroxyl groups is 1. The van der Waals surface area contributed by atoms with Gasteiger partial charge in [-0.2, -0.15) is 0 Å². The van der Waals surface area contributed by atoms with Crippen LogP contribution in [0.4, 0.5) is 4.79 Å². The van der Waals surface area contributed by atoms with Crippen molar-refractivity contribution < 1.29 is 34.1 Å². The average molecular weight is 570 g/mol. The highest BCUT2D eigenvalue weighted by Crippen LogP contribution is 2.17. The Kier molecular flexibility index (Phi) is 17.0. The zero-order valence-corrected chi connectivity index (χ0v) is 24.8. The number of halogens is 1. The summed E-state index contributed by atoms with van der Waals surface area (Å²) in [6.07, 6.45) is 6.50. The number of unbranched alkanes of at least 4 members (excludes halogenated alkanes) is 6. The van der Waals surface area contributed by atoms with Crippen molar-refractivity contribution in [3.8, 4) is 0 Å². The van der Waals surface area contributed by atoms with Crippen LogP contribution in [0.1, 0.15) is 104 Å². The standard InChI is InChI=1S/C30H48ClNO7/c1-22(32-29(37)39-30(2,3)4)26(38-21-23-15-11-10-12-16-23)20-19-24(33)17-13-8-6-5-7-9-14-18-25(34)27(31)28(35)36/h10-12,15-16,22,25-27,34H,5-9,13-14,17-21H2,1-4H3,(H,32,37)(H,35,36)/t22-,25+,26+,27-/m0/s1. The van der Waals surface area contributed by atoms with Crippen molar-refractivity contribution >= 4 is 29.4 Å². The summed E-state index contributed by atoms with van der Waals surface area (Å²) in [6.45, 7) is 7.69. The number of ether oxygens (including phenoxy) is 2. The molecule has 1 rings (SSSR count). The van der Waals surface area contributed by atoms with Crippen molar-refractivity contribution in [2.75, 3.05) is 0 Å². The number of benzene rings is 1. The normalized spacial score (nSPS) is 14.7. The number of alkyl halides is 1. The molecule has 0 heterocycles. The number of rotatable bonds is 20. The first-order chi connectivity index (χ1) is 18.4. The number of amides is 1. The second kappa shape index (κ2) is 19.0. The number of aliphatic carboxylic acids is 1. The molecule has 8 nitrogen and oxygen atoms in total. The lowest BCUT2D eigenvalue weighted by Gasteiger charge is -2.27. The van der Waals surface area contributed by atoms with E-state index in [4.69, 9.17) is 26.2 Å². The fourth-order valence-electron chi connectivity index (χ4n) is 4.14. The average Bonchev–Trinajstić information content (AvgIpc) is 2.86. The van der Waals surface area contributed by atoms with Gasteiger partial charge in [0, 0.05) is 12.8 Å². The SMILES string of the molecule is C[C@H](NC(=O)OC(C)(C)C)[C@@H](CCC(=O)CCCCCCCCC[C@@H](O)[C@H](Cl)C(=O)O)OCc1ccccc1. The number of alkyl carbamates (subject to hydrolysis) is 1. The fourth-order valence-corrected chi connectivity index (χ4v) is 4.27. The van der Waals surface area contributed by atoms with Gasteiger partial charge in [0.2, 0.25) is 0 Å². The van der Waals surface area contributed by atoms with Gasteiger partial charge in [-0.05, 0) is 52.5 Å². The van der Waals surface area contributed by atoms with Crippen LogP contribution in [0.15, 0.2) is 30.3 Å². The summed E-state index contributed by atoms with van der Waals surface area (Å²) in [5, 5.41) is 20.1. The first kappa shape index (κ1) is 34.9. The second-order valence-electron chi connectivity index (χ2n) is 11.2. The minimum atomic E-state index is -1.25. The van der Waals surface area contributed by atoms with E-state index < -0.39 is 29.1 Å². The molecule has 9 heteroatoms. The topological polar surface area (TPSA) is 122 Å². The smallest absolute Gasteiger partial charge is 0.407 e. The summed E-state index contributed by atoms with van der Waals surface area (Å²) < 4.78 is 11.5. The molecule has 0 bridgehead atoms. The predicted octanol–water partition coefficient (Wildman–Crippen LogP) is 6.40. The van der Waals surface area contributed by atoms with Crippen molar-refractivity contribution in [2.24, 2.45) is 0 Å². The number of hydrogen-bond donors (Lipinski definition) is 3. The number of ketones is 1. The van der Waals surface area contributed by atoms with Crippen LogP contribution < -0.4 is 5.32 Å². The number of carboxylic acids is 1. The Morgan fingerprint density at radius 1 is 0.923 bits per heavy atom. The molecule has 0 saturated carbocycles. The summed E-state index contributed by atoms with van der Waals surface area (Å²) in [5.74, 6) is -1.00. The quantitative estimate of drug-likeness (QED) is 0.123. The van der Waals surface area contributed by atoms with Gasteiger partial charge in [0.05, 0.1) is 24.9 Å². The monoisotopic (exact) mass is 569 g/mol. The van der Waals surface area contributed by atoms with E-state index in [1.54, 1.807) is 0 Å². The molecule has 0 unspecified atom stereocenters. The molecular formula is C30H48ClNO7. The Morgan fingerprint density at radius 2 is 1.51 bits per heavy atom. The Bertz CT molecular complexity index is 843. The van der Waals surface area contributed by atoms with E-state index in [1.807, 2.05) is 58.0 Å². The molecular weight excluding hydrogens is 522 g/mol. The Labute approximate surface area is 238 Å². The third kappa shape index (κ3) is 17.2. The van der Waals surface area contributed by atoms with Crippen molar-refractivity contribution in [1.29, 1.82) is 0 Å². The van der Waals surface area contributed by atoms with E-state index in [-0.39, 0.29) is 17.9 Å². The Morgan fingerprint density at radius 3 is 2.10 bits per heavy atom. The Hall–Kier alpha value is -2.16. The van der Waals surface area contributed by atoms with Crippen LogP contribution in [-0.4, -0.2) is 57.3 Å². The van der Waals surface area contributed by atoms with Crippen LogP contribution in [0, 0.1) is 0 Å². The molecule has 1 amide bonds. The number of Topliss-reactive ketones (excluding diaryl/α,β-unsaturated/α-hetero) is 1. The molecule has 0 spiro atoms. The fraction of sp³-hybridized carbons (Fsp3) is 0.700. The summed E-state index contributed by atoms with van der Waals surface area (Å²) in [6, 6.07) is 9.47. The van der Waals surface area contributed by atoms with Gasteiger partial charge in [-0.25, -0.2) is 4.79 Å². The molecule has 0 saturated heterocycles. The molecule has 0 radical (unpaired) electrons. The lowest BCUT2D eigenvalue weighted by molar-refractivity contribution is -0.138. The molecule has 0 aliphatic heterocycles.